The molecule has 0 spiro atoms. The second-order valence-electron chi connectivity index (χ2n) is 9.76. The van der Waals surface area contributed by atoms with Gasteiger partial charge in [-0.3, -0.25) is 4.79 Å². The second-order valence-corrected chi connectivity index (χ2v) is 9.76. The van der Waals surface area contributed by atoms with Crippen LogP contribution in [0.1, 0.15) is 65.7 Å². The summed E-state index contributed by atoms with van der Waals surface area (Å²) >= 11 is 0. The van der Waals surface area contributed by atoms with E-state index in [1.165, 1.54) is 12.0 Å². The fraction of sp³-hybridized carbons (Fsp3) is 0.818. The minimum absolute atomic E-state index is 0.00325. The van der Waals surface area contributed by atoms with E-state index in [1.807, 2.05) is 0 Å². The lowest BCUT2D eigenvalue weighted by atomic mass is 9.47. The molecule has 3 saturated carbocycles. The zero-order valence-corrected chi connectivity index (χ0v) is 15.8. The Hall–Kier alpha value is -1.14. The Morgan fingerprint density at radius 2 is 2.04 bits per heavy atom. The fourth-order valence-corrected chi connectivity index (χ4v) is 7.56. The third-order valence-electron chi connectivity index (χ3n) is 8.74. The van der Waals surface area contributed by atoms with Crippen molar-refractivity contribution < 1.29 is 9.90 Å². The highest BCUT2D eigenvalue weighted by Crippen LogP contribution is 2.67. The Bertz CT molecular complexity index is 661. The summed E-state index contributed by atoms with van der Waals surface area (Å²) in [6.07, 6.45) is 9.32. The molecule has 4 rings (SSSR count). The van der Waals surface area contributed by atoms with Crippen LogP contribution in [0.4, 0.5) is 0 Å². The van der Waals surface area contributed by atoms with Crippen molar-refractivity contribution in [3.63, 3.8) is 0 Å². The van der Waals surface area contributed by atoms with Gasteiger partial charge in [-0.15, -0.1) is 0 Å². The molecule has 0 radical (unpaired) electrons. The summed E-state index contributed by atoms with van der Waals surface area (Å²) in [6.45, 7) is 6.41. The first kappa shape index (κ1) is 17.3. The van der Waals surface area contributed by atoms with Crippen LogP contribution in [0, 0.1) is 51.8 Å². The van der Waals surface area contributed by atoms with Gasteiger partial charge in [-0.05, 0) is 80.5 Å². The molecule has 3 nitrogen and oxygen atoms in total. The monoisotopic (exact) mass is 341 g/mol. The molecule has 0 saturated heterocycles. The number of nitriles is 1. The molecule has 8 atom stereocenters. The van der Waals surface area contributed by atoms with Crippen LogP contribution in [-0.4, -0.2) is 17.0 Å². The summed E-state index contributed by atoms with van der Waals surface area (Å²) in [7, 11) is 0. The van der Waals surface area contributed by atoms with E-state index in [1.54, 1.807) is 6.92 Å². The van der Waals surface area contributed by atoms with Gasteiger partial charge in [0.25, 0.3) is 0 Å². The van der Waals surface area contributed by atoms with Gasteiger partial charge >= 0.3 is 0 Å². The average Bonchev–Trinajstić information content (AvgIpc) is 2.88. The largest absolute Gasteiger partial charge is 0.393 e. The fourth-order valence-electron chi connectivity index (χ4n) is 7.56. The molecule has 0 aromatic carbocycles. The van der Waals surface area contributed by atoms with Gasteiger partial charge in [0, 0.05) is 5.92 Å². The summed E-state index contributed by atoms with van der Waals surface area (Å²) in [5.41, 5.74) is 1.71. The van der Waals surface area contributed by atoms with Gasteiger partial charge in [-0.1, -0.05) is 25.5 Å². The van der Waals surface area contributed by atoms with Crippen LogP contribution in [0.25, 0.3) is 0 Å². The zero-order chi connectivity index (χ0) is 18.0. The van der Waals surface area contributed by atoms with Crippen molar-refractivity contribution in [3.05, 3.63) is 11.6 Å². The predicted octanol–water partition coefficient (Wildman–Crippen LogP) is 4.26. The maximum atomic E-state index is 12.4. The number of carbonyl (C=O) groups is 1. The van der Waals surface area contributed by atoms with Gasteiger partial charge in [0.2, 0.25) is 0 Å². The van der Waals surface area contributed by atoms with E-state index in [9.17, 15) is 15.2 Å². The molecule has 4 aliphatic carbocycles. The average molecular weight is 341 g/mol. The standard InChI is InChI=1S/C22H31NO2/c1-13(24)20-14(12-23)10-19-17-5-4-15-11-16(25)6-8-21(15,2)18(17)7-9-22(19,20)3/h4,14,16-20,25H,5-11H2,1-3H3/t14-,16-,17+,18-,19-,20-,21-,22-/m1/s1. The molecule has 0 heterocycles. The molecular formula is C22H31NO2. The minimum Gasteiger partial charge on any atom is -0.393 e. The number of fused-ring (bicyclic) bond motifs is 5. The Balaban J connectivity index is 1.70. The van der Waals surface area contributed by atoms with Crippen molar-refractivity contribution in [2.75, 3.05) is 0 Å². The quantitative estimate of drug-likeness (QED) is 0.725. The maximum Gasteiger partial charge on any atom is 0.134 e. The van der Waals surface area contributed by atoms with E-state index in [2.05, 4.69) is 26.0 Å². The van der Waals surface area contributed by atoms with Crippen molar-refractivity contribution in [2.45, 2.75) is 71.8 Å². The molecule has 25 heavy (non-hydrogen) atoms. The van der Waals surface area contributed by atoms with Gasteiger partial charge in [0.15, 0.2) is 0 Å². The Morgan fingerprint density at radius 3 is 2.72 bits per heavy atom. The summed E-state index contributed by atoms with van der Waals surface area (Å²) < 4.78 is 0. The van der Waals surface area contributed by atoms with Gasteiger partial charge < -0.3 is 5.11 Å². The zero-order valence-electron chi connectivity index (χ0n) is 15.8. The Kier molecular flexibility index (Phi) is 3.93. The van der Waals surface area contributed by atoms with Crippen LogP contribution >= 0.6 is 0 Å². The van der Waals surface area contributed by atoms with E-state index in [0.717, 1.165) is 38.5 Å². The number of aliphatic hydroxyl groups excluding tert-OH is 1. The first-order chi connectivity index (χ1) is 11.8. The summed E-state index contributed by atoms with van der Waals surface area (Å²) in [5.74, 6) is 1.79. The number of hydrogen-bond donors (Lipinski definition) is 1. The third-order valence-corrected chi connectivity index (χ3v) is 8.74. The Labute approximate surface area is 151 Å². The SMILES string of the molecule is CC(=O)[C@@H]1[C@@H](C#N)C[C@@H]2[C@H]3CC=C4C[C@H](O)CC[C@@]4(C)[C@@H]3CC[C@]21C. The van der Waals surface area contributed by atoms with Crippen molar-refractivity contribution in [3.8, 4) is 6.07 Å². The van der Waals surface area contributed by atoms with Crippen LogP contribution in [0.2, 0.25) is 0 Å². The van der Waals surface area contributed by atoms with E-state index >= 15 is 0 Å². The summed E-state index contributed by atoms with van der Waals surface area (Å²) in [5, 5.41) is 19.8. The van der Waals surface area contributed by atoms with Crippen LogP contribution in [0.5, 0.6) is 0 Å². The number of rotatable bonds is 1. The number of hydrogen-bond acceptors (Lipinski definition) is 3. The van der Waals surface area contributed by atoms with Gasteiger partial charge in [-0.2, -0.15) is 5.26 Å². The highest BCUT2D eigenvalue weighted by atomic mass is 16.3. The lowest BCUT2D eigenvalue weighted by Crippen LogP contribution is -2.51. The smallest absolute Gasteiger partial charge is 0.134 e. The van der Waals surface area contributed by atoms with Crippen molar-refractivity contribution in [2.24, 2.45) is 40.4 Å². The number of nitrogens with zero attached hydrogens (tertiary/aromatic N) is 1. The van der Waals surface area contributed by atoms with Crippen LogP contribution < -0.4 is 0 Å². The van der Waals surface area contributed by atoms with Crippen LogP contribution in [0.3, 0.4) is 0 Å². The van der Waals surface area contributed by atoms with Gasteiger partial charge in [0.05, 0.1) is 18.1 Å². The molecule has 0 aromatic heterocycles. The molecule has 0 aromatic rings. The highest BCUT2D eigenvalue weighted by molar-refractivity contribution is 5.80. The van der Waals surface area contributed by atoms with Crippen molar-refractivity contribution in [1.29, 1.82) is 5.26 Å². The third kappa shape index (κ3) is 2.29. The predicted molar refractivity (Wildman–Crippen MR) is 96.4 cm³/mol. The Morgan fingerprint density at radius 1 is 1.28 bits per heavy atom. The second kappa shape index (κ2) is 5.68. The van der Waals surface area contributed by atoms with E-state index < -0.39 is 0 Å². The molecule has 0 unspecified atom stereocenters. The molecule has 136 valence electrons. The lowest BCUT2D eigenvalue weighted by Gasteiger charge is -2.57. The molecule has 4 aliphatic rings. The van der Waals surface area contributed by atoms with Crippen molar-refractivity contribution in [1.82, 2.24) is 0 Å². The molecule has 1 N–H and O–H groups in total. The number of ketones is 1. The van der Waals surface area contributed by atoms with E-state index in [-0.39, 0.29) is 34.6 Å². The highest BCUT2D eigenvalue weighted by Gasteiger charge is 2.62. The molecule has 3 fully saturated rings. The van der Waals surface area contributed by atoms with Gasteiger partial charge in [0.1, 0.15) is 5.78 Å². The number of Topliss-reactive ketones (excluding diaryl/α,β-unsaturated/α-hetero) is 1. The molecule has 3 heteroatoms. The van der Waals surface area contributed by atoms with E-state index in [4.69, 9.17) is 0 Å². The number of allylic oxidation sites excluding steroid dienone is 1. The summed E-state index contributed by atoms with van der Waals surface area (Å²) in [6, 6.07) is 2.47. The maximum absolute atomic E-state index is 12.4. The number of carbonyl (C=O) groups excluding carboxylic acids is 1. The van der Waals surface area contributed by atoms with Crippen LogP contribution in [-0.2, 0) is 4.79 Å². The summed E-state index contributed by atoms with van der Waals surface area (Å²) in [4.78, 5) is 12.4. The molecular weight excluding hydrogens is 310 g/mol. The topological polar surface area (TPSA) is 61.1 Å². The van der Waals surface area contributed by atoms with Gasteiger partial charge in [-0.25, -0.2) is 0 Å². The first-order valence-electron chi connectivity index (χ1n) is 10.1. The van der Waals surface area contributed by atoms with E-state index in [0.29, 0.717) is 17.8 Å². The van der Waals surface area contributed by atoms with Crippen LogP contribution in [0.15, 0.2) is 11.6 Å². The molecule has 0 bridgehead atoms. The normalized spacial score (nSPS) is 51.6. The molecule has 0 amide bonds. The minimum atomic E-state index is -0.165. The molecule has 0 aliphatic heterocycles. The number of aliphatic hydroxyl groups is 1. The van der Waals surface area contributed by atoms with Crippen molar-refractivity contribution >= 4 is 5.78 Å². The first-order valence-corrected chi connectivity index (χ1v) is 10.1. The lowest BCUT2D eigenvalue weighted by molar-refractivity contribution is -0.128.